The predicted octanol–water partition coefficient (Wildman–Crippen LogP) is 1.99. The fourth-order valence-corrected chi connectivity index (χ4v) is 1.67. The first-order valence-electron chi connectivity index (χ1n) is 4.62. The fraction of sp³-hybridized carbons (Fsp3) is 0.143. The Labute approximate surface area is 112 Å². The summed E-state index contributed by atoms with van der Waals surface area (Å²) in [6.45, 7) is 0. The average molecular weight is 332 g/mol. The lowest BCUT2D eigenvalue weighted by Crippen LogP contribution is -2.08. The SMILES string of the molecule is O=[N+]([O-])c1cc(C(F)(F)F)cc([N+](=O)[O-])c1OP(=O)(O)O. The number of hydrogen-bond donors (Lipinski definition) is 2. The molecule has 1 rings (SSSR count). The molecule has 10 nitrogen and oxygen atoms in total. The molecule has 0 saturated heterocycles. The Bertz CT molecular complexity index is 619. The molecule has 0 bridgehead atoms. The molecule has 0 heterocycles. The highest BCUT2D eigenvalue weighted by Crippen LogP contribution is 2.48. The van der Waals surface area contributed by atoms with Gasteiger partial charge in [0.15, 0.2) is 0 Å². The van der Waals surface area contributed by atoms with Crippen molar-refractivity contribution >= 4 is 19.2 Å². The smallest absolute Gasteiger partial charge is 0.389 e. The van der Waals surface area contributed by atoms with Crippen molar-refractivity contribution in [2.75, 3.05) is 0 Å². The minimum Gasteiger partial charge on any atom is -0.389 e. The van der Waals surface area contributed by atoms with Gasteiger partial charge in [-0.3, -0.25) is 30.0 Å². The van der Waals surface area contributed by atoms with E-state index >= 15 is 0 Å². The van der Waals surface area contributed by atoms with Crippen LogP contribution in [-0.2, 0) is 10.7 Å². The molecule has 2 N–H and O–H groups in total. The highest BCUT2D eigenvalue weighted by molar-refractivity contribution is 7.46. The second-order valence-electron chi connectivity index (χ2n) is 3.44. The Morgan fingerprint density at radius 2 is 1.48 bits per heavy atom. The van der Waals surface area contributed by atoms with E-state index in [1.807, 2.05) is 0 Å². The van der Waals surface area contributed by atoms with Crippen LogP contribution in [0.15, 0.2) is 12.1 Å². The summed E-state index contributed by atoms with van der Waals surface area (Å²) in [6, 6.07) is -0.254. The van der Waals surface area contributed by atoms with E-state index in [1.165, 1.54) is 0 Å². The van der Waals surface area contributed by atoms with Crippen LogP contribution in [0.5, 0.6) is 5.75 Å². The number of rotatable bonds is 4. The summed E-state index contributed by atoms with van der Waals surface area (Å²) in [4.78, 5) is 35.4. The highest BCUT2D eigenvalue weighted by Gasteiger charge is 2.40. The number of phosphoric ester groups is 1. The minimum absolute atomic E-state index is 0.127. The van der Waals surface area contributed by atoms with E-state index in [1.54, 1.807) is 0 Å². The van der Waals surface area contributed by atoms with Crippen molar-refractivity contribution in [1.29, 1.82) is 0 Å². The van der Waals surface area contributed by atoms with E-state index in [0.717, 1.165) is 0 Å². The maximum Gasteiger partial charge on any atom is 0.525 e. The van der Waals surface area contributed by atoms with Crippen LogP contribution in [0, 0.1) is 20.2 Å². The van der Waals surface area contributed by atoms with Crippen LogP contribution < -0.4 is 4.52 Å². The van der Waals surface area contributed by atoms with Gasteiger partial charge >= 0.3 is 25.4 Å². The van der Waals surface area contributed by atoms with Gasteiger partial charge in [-0.1, -0.05) is 0 Å². The fourth-order valence-electron chi connectivity index (χ4n) is 1.25. The summed E-state index contributed by atoms with van der Waals surface area (Å²) >= 11 is 0. The molecular weight excluding hydrogens is 328 g/mol. The molecule has 0 fully saturated rings. The molecule has 116 valence electrons. The molecule has 0 aliphatic heterocycles. The number of hydrogen-bond acceptors (Lipinski definition) is 6. The Morgan fingerprint density at radius 3 is 1.71 bits per heavy atom. The first-order valence-corrected chi connectivity index (χ1v) is 6.15. The van der Waals surface area contributed by atoms with Crippen LogP contribution in [0.2, 0.25) is 0 Å². The standard InChI is InChI=1S/C7H4F3N2O8P/c8-7(9,10)3-1-4(11(13)14)6(20-21(17,18)19)5(2-3)12(15)16/h1-2H,(H2,17,18,19). The largest absolute Gasteiger partial charge is 0.525 e. The molecule has 21 heavy (non-hydrogen) atoms. The third kappa shape index (κ3) is 4.11. The van der Waals surface area contributed by atoms with Crippen LogP contribution in [0.3, 0.4) is 0 Å². The van der Waals surface area contributed by atoms with Crippen LogP contribution >= 0.6 is 7.82 Å². The topological polar surface area (TPSA) is 153 Å². The number of halogens is 3. The molecule has 0 unspecified atom stereocenters. The number of nitrogens with zero attached hydrogens (tertiary/aromatic N) is 2. The third-order valence-corrected chi connectivity index (χ3v) is 2.40. The van der Waals surface area contributed by atoms with Gasteiger partial charge in [-0.2, -0.15) is 13.2 Å². The Morgan fingerprint density at radius 1 is 1.10 bits per heavy atom. The van der Waals surface area contributed by atoms with Crippen molar-refractivity contribution < 1.29 is 41.9 Å². The first-order chi connectivity index (χ1) is 9.33. The molecule has 0 aliphatic rings. The van der Waals surface area contributed by atoms with Crippen LogP contribution in [0.1, 0.15) is 5.56 Å². The van der Waals surface area contributed by atoms with Gasteiger partial charge in [0, 0.05) is 12.1 Å². The summed E-state index contributed by atoms with van der Waals surface area (Å²) in [7, 11) is -5.47. The maximum atomic E-state index is 12.5. The quantitative estimate of drug-likeness (QED) is 0.482. The lowest BCUT2D eigenvalue weighted by Gasteiger charge is -2.11. The first kappa shape index (κ1) is 16.8. The molecule has 1 aromatic carbocycles. The van der Waals surface area contributed by atoms with Crippen LogP contribution in [-0.4, -0.2) is 19.6 Å². The molecular formula is C7H4F3N2O8P. The van der Waals surface area contributed by atoms with Gasteiger partial charge in [0.1, 0.15) is 0 Å². The lowest BCUT2D eigenvalue weighted by molar-refractivity contribution is -0.395. The molecule has 0 amide bonds. The van der Waals surface area contributed by atoms with Crippen molar-refractivity contribution in [2.24, 2.45) is 0 Å². The third-order valence-electron chi connectivity index (χ3n) is 1.98. The van der Waals surface area contributed by atoms with Crippen molar-refractivity contribution in [3.05, 3.63) is 37.9 Å². The van der Waals surface area contributed by atoms with Crippen LogP contribution in [0.4, 0.5) is 24.5 Å². The highest BCUT2D eigenvalue weighted by atomic mass is 31.2. The van der Waals surface area contributed by atoms with Crippen molar-refractivity contribution in [1.82, 2.24) is 0 Å². The summed E-state index contributed by atoms with van der Waals surface area (Å²) in [5.41, 5.74) is -4.93. The van der Waals surface area contributed by atoms with E-state index in [0.29, 0.717) is 0 Å². The van der Waals surface area contributed by atoms with Gasteiger partial charge in [0.25, 0.3) is 5.75 Å². The zero-order valence-electron chi connectivity index (χ0n) is 9.47. The van der Waals surface area contributed by atoms with E-state index in [4.69, 9.17) is 9.79 Å². The molecule has 1 aromatic rings. The number of alkyl halides is 3. The maximum absolute atomic E-state index is 12.5. The Balaban J connectivity index is 3.71. The van der Waals surface area contributed by atoms with Gasteiger partial charge in [0.05, 0.1) is 15.4 Å². The monoisotopic (exact) mass is 332 g/mol. The zero-order chi connectivity index (χ0) is 16.6. The molecule has 0 saturated carbocycles. The normalized spacial score (nSPS) is 12.0. The molecule has 0 aliphatic carbocycles. The van der Waals surface area contributed by atoms with Gasteiger partial charge in [-0.15, -0.1) is 0 Å². The summed E-state index contributed by atoms with van der Waals surface area (Å²) in [5, 5.41) is 21.3. The second-order valence-corrected chi connectivity index (χ2v) is 4.60. The Hall–Kier alpha value is -2.24. The van der Waals surface area contributed by atoms with Gasteiger partial charge in [-0.25, -0.2) is 4.57 Å². The number of benzene rings is 1. The van der Waals surface area contributed by atoms with Gasteiger partial charge in [-0.05, 0) is 0 Å². The number of phosphoric acid groups is 1. The van der Waals surface area contributed by atoms with Gasteiger partial charge in [0.2, 0.25) is 0 Å². The molecule has 0 radical (unpaired) electrons. The molecule has 0 aromatic heterocycles. The number of nitro benzene ring substituents is 2. The van der Waals surface area contributed by atoms with Crippen molar-refractivity contribution in [3.8, 4) is 5.75 Å². The van der Waals surface area contributed by atoms with E-state index in [-0.39, 0.29) is 12.1 Å². The summed E-state index contributed by atoms with van der Waals surface area (Å²) in [6.07, 6.45) is -5.14. The average Bonchev–Trinajstić information content (AvgIpc) is 2.24. The predicted molar refractivity (Wildman–Crippen MR) is 57.4 cm³/mol. The van der Waals surface area contributed by atoms with Crippen molar-refractivity contribution in [2.45, 2.75) is 6.18 Å². The van der Waals surface area contributed by atoms with Crippen LogP contribution in [0.25, 0.3) is 0 Å². The van der Waals surface area contributed by atoms with Crippen molar-refractivity contribution in [3.63, 3.8) is 0 Å². The lowest BCUT2D eigenvalue weighted by atomic mass is 10.1. The zero-order valence-corrected chi connectivity index (χ0v) is 10.4. The van der Waals surface area contributed by atoms with E-state index in [9.17, 15) is 38.0 Å². The number of nitro groups is 2. The van der Waals surface area contributed by atoms with Gasteiger partial charge < -0.3 is 4.52 Å². The van der Waals surface area contributed by atoms with E-state index < -0.39 is 46.5 Å². The molecule has 0 atom stereocenters. The second kappa shape index (κ2) is 5.27. The molecule has 14 heteroatoms. The van der Waals surface area contributed by atoms with E-state index in [2.05, 4.69) is 4.52 Å². The summed E-state index contributed by atoms with van der Waals surface area (Å²) < 4.78 is 51.9. The Kier molecular flexibility index (Phi) is 4.22. The minimum atomic E-state index is -5.47. The molecule has 0 spiro atoms. The summed E-state index contributed by atoms with van der Waals surface area (Å²) in [5.74, 6) is -1.56.